The van der Waals surface area contributed by atoms with Gasteiger partial charge in [-0.1, -0.05) is 18.2 Å². The van der Waals surface area contributed by atoms with Crippen molar-refractivity contribution >= 4 is 34.2 Å². The largest absolute Gasteiger partial charge is 0.494 e. The number of fused-ring (bicyclic) bond motifs is 1. The number of nitrogens with zero attached hydrogens (tertiary/aromatic N) is 5. The van der Waals surface area contributed by atoms with Gasteiger partial charge >= 0.3 is 0 Å². The molecule has 0 aliphatic carbocycles. The van der Waals surface area contributed by atoms with Gasteiger partial charge in [0.25, 0.3) is 0 Å². The van der Waals surface area contributed by atoms with Gasteiger partial charge in [-0.3, -0.25) is 9.67 Å². The predicted octanol–water partition coefficient (Wildman–Crippen LogP) is 6.65. The highest BCUT2D eigenvalue weighted by Crippen LogP contribution is 2.30. The first-order chi connectivity index (χ1) is 19.1. The molecule has 0 atom stereocenters. The predicted molar refractivity (Wildman–Crippen MR) is 152 cm³/mol. The first-order valence-corrected chi connectivity index (χ1v) is 14.0. The quantitative estimate of drug-likeness (QED) is 0.186. The fraction of sp³-hybridized carbons (Fsp3) is 0.241. The second-order valence-corrected chi connectivity index (χ2v) is 9.83. The van der Waals surface area contributed by atoms with Crippen molar-refractivity contribution in [1.82, 2.24) is 24.7 Å². The van der Waals surface area contributed by atoms with Crippen molar-refractivity contribution in [2.75, 3.05) is 23.9 Å². The van der Waals surface area contributed by atoms with Crippen LogP contribution in [-0.4, -0.2) is 43.3 Å². The summed E-state index contributed by atoms with van der Waals surface area (Å²) in [6.07, 6.45) is 9.15. The fourth-order valence-corrected chi connectivity index (χ4v) is 4.77. The van der Waals surface area contributed by atoms with Crippen LogP contribution in [0.3, 0.4) is 0 Å². The molecule has 5 rings (SSSR count). The van der Waals surface area contributed by atoms with Gasteiger partial charge in [0, 0.05) is 52.9 Å². The molecule has 7 nitrogen and oxygen atoms in total. The van der Waals surface area contributed by atoms with E-state index >= 15 is 0 Å². The van der Waals surface area contributed by atoms with Crippen LogP contribution in [-0.2, 0) is 13.0 Å². The number of halogens is 2. The van der Waals surface area contributed by atoms with E-state index in [1.165, 1.54) is 12.1 Å². The van der Waals surface area contributed by atoms with E-state index in [2.05, 4.69) is 21.5 Å². The maximum absolute atomic E-state index is 14.9. The summed E-state index contributed by atoms with van der Waals surface area (Å²) in [5, 5.41) is 8.91. The molecule has 3 aromatic heterocycles. The van der Waals surface area contributed by atoms with Gasteiger partial charge in [-0.05, 0) is 50.0 Å². The van der Waals surface area contributed by atoms with Crippen LogP contribution in [0.15, 0.2) is 67.1 Å². The highest BCUT2D eigenvalue weighted by atomic mass is 32.2. The molecule has 0 bridgehead atoms. The number of ether oxygens (including phenoxy) is 1. The zero-order chi connectivity index (χ0) is 27.2. The summed E-state index contributed by atoms with van der Waals surface area (Å²) in [4.78, 5) is 13.6. The van der Waals surface area contributed by atoms with Gasteiger partial charge in [-0.2, -0.15) is 16.9 Å². The first-order valence-electron chi connectivity index (χ1n) is 12.7. The van der Waals surface area contributed by atoms with Crippen molar-refractivity contribution in [2.24, 2.45) is 0 Å². The summed E-state index contributed by atoms with van der Waals surface area (Å²) in [7, 11) is 0. The molecule has 0 aliphatic rings. The van der Waals surface area contributed by atoms with E-state index in [9.17, 15) is 8.78 Å². The van der Waals surface area contributed by atoms with Gasteiger partial charge in [0.15, 0.2) is 5.82 Å². The minimum Gasteiger partial charge on any atom is -0.494 e. The third-order valence-electron chi connectivity index (χ3n) is 6.21. The molecule has 10 heteroatoms. The summed E-state index contributed by atoms with van der Waals surface area (Å²) >= 11 is 1.80. The van der Waals surface area contributed by atoms with E-state index in [-0.39, 0.29) is 17.9 Å². The average Bonchev–Trinajstić information content (AvgIpc) is 3.31. The van der Waals surface area contributed by atoms with Crippen molar-refractivity contribution in [2.45, 2.75) is 26.3 Å². The van der Waals surface area contributed by atoms with Crippen molar-refractivity contribution < 1.29 is 13.5 Å². The lowest BCUT2D eigenvalue weighted by molar-refractivity contribution is 0.335. The molecule has 0 aliphatic heterocycles. The molecule has 0 saturated carbocycles. The summed E-state index contributed by atoms with van der Waals surface area (Å²) in [6, 6.07) is 13.7. The van der Waals surface area contributed by atoms with Gasteiger partial charge in [-0.25, -0.2) is 18.7 Å². The van der Waals surface area contributed by atoms with Crippen molar-refractivity contribution in [3.05, 3.63) is 89.9 Å². The second-order valence-electron chi connectivity index (χ2n) is 8.85. The Balaban J connectivity index is 1.54. The first kappa shape index (κ1) is 26.6. The van der Waals surface area contributed by atoms with Crippen molar-refractivity contribution in [1.29, 1.82) is 0 Å². The topological polar surface area (TPSA) is 77.8 Å². The Kier molecular flexibility index (Phi) is 8.31. The maximum Gasteiger partial charge on any atom is 0.182 e. The zero-order valence-corrected chi connectivity index (χ0v) is 22.5. The highest BCUT2D eigenvalue weighted by molar-refractivity contribution is 7.98. The van der Waals surface area contributed by atoms with E-state index in [1.54, 1.807) is 35.8 Å². The lowest BCUT2D eigenvalue weighted by Crippen LogP contribution is -2.08. The van der Waals surface area contributed by atoms with Crippen LogP contribution in [0.4, 0.5) is 20.3 Å². The molecule has 1 N–H and O–H groups in total. The minimum absolute atomic E-state index is 0.0941. The number of benzene rings is 2. The molecule has 200 valence electrons. The lowest BCUT2D eigenvalue weighted by Gasteiger charge is -2.12. The number of hydrogen-bond donors (Lipinski definition) is 1. The number of thioether (sulfide) groups is 1. The van der Waals surface area contributed by atoms with Gasteiger partial charge in [-0.15, -0.1) is 0 Å². The Bertz CT molecular complexity index is 1550. The molecular weight excluding hydrogens is 518 g/mol. The van der Waals surface area contributed by atoms with E-state index in [4.69, 9.17) is 14.8 Å². The summed E-state index contributed by atoms with van der Waals surface area (Å²) < 4.78 is 36.6. The minimum atomic E-state index is -0.686. The van der Waals surface area contributed by atoms with E-state index in [1.807, 2.05) is 42.6 Å². The van der Waals surface area contributed by atoms with Crippen LogP contribution >= 0.6 is 11.8 Å². The van der Waals surface area contributed by atoms with Crippen LogP contribution in [0, 0.1) is 11.6 Å². The third-order valence-corrected chi connectivity index (χ3v) is 6.90. The Hall–Kier alpha value is -4.05. The van der Waals surface area contributed by atoms with Crippen molar-refractivity contribution in [3.8, 4) is 17.3 Å². The molecule has 0 amide bonds. The summed E-state index contributed by atoms with van der Waals surface area (Å²) in [6.45, 7) is 1.98. The highest BCUT2D eigenvalue weighted by Gasteiger charge is 2.19. The zero-order valence-electron chi connectivity index (χ0n) is 21.7. The van der Waals surface area contributed by atoms with Gasteiger partial charge in [0.2, 0.25) is 0 Å². The van der Waals surface area contributed by atoms with Crippen LogP contribution in [0.5, 0.6) is 5.75 Å². The van der Waals surface area contributed by atoms with E-state index < -0.39 is 11.6 Å². The molecule has 0 fully saturated rings. The Morgan fingerprint density at radius 1 is 1.05 bits per heavy atom. The average molecular weight is 547 g/mol. The standard InChI is InChI=1S/C29H28F2N6OS/c1-3-38-21-15-24(30)23(25(31)16-21)18-37-26-9-5-4-8-22(26)27(36-37)29-33-17-19(7-6-14-39-2)28(35-29)34-20-10-12-32-13-11-20/h4-5,8-13,15-17H,3,6-7,14,18H2,1-2H3,(H,32,33,34,35). The van der Waals surface area contributed by atoms with Gasteiger partial charge in [0.1, 0.15) is 28.9 Å². The third kappa shape index (κ3) is 6.01. The Morgan fingerprint density at radius 3 is 2.56 bits per heavy atom. The lowest BCUT2D eigenvalue weighted by atomic mass is 10.1. The smallest absolute Gasteiger partial charge is 0.182 e. The number of aromatic nitrogens is 5. The number of rotatable bonds is 11. The molecule has 3 heterocycles. The number of nitrogens with one attached hydrogen (secondary N) is 1. The molecule has 5 aromatic rings. The number of para-hydroxylation sites is 1. The molecular formula is C29H28F2N6OS. The summed E-state index contributed by atoms with van der Waals surface area (Å²) in [5.74, 6) is 0.924. The number of pyridine rings is 1. The van der Waals surface area contributed by atoms with Crippen LogP contribution in [0.1, 0.15) is 24.5 Å². The number of aryl methyl sites for hydroxylation is 1. The molecule has 39 heavy (non-hydrogen) atoms. The molecule has 0 radical (unpaired) electrons. The van der Waals surface area contributed by atoms with Gasteiger partial charge < -0.3 is 10.1 Å². The van der Waals surface area contributed by atoms with Crippen LogP contribution < -0.4 is 10.1 Å². The monoisotopic (exact) mass is 546 g/mol. The molecule has 0 unspecified atom stereocenters. The Labute approximate surface area is 229 Å². The van der Waals surface area contributed by atoms with E-state index in [0.717, 1.165) is 40.7 Å². The molecule has 0 saturated heterocycles. The summed E-state index contributed by atoms with van der Waals surface area (Å²) in [5.41, 5.74) is 3.01. The van der Waals surface area contributed by atoms with Crippen LogP contribution in [0.2, 0.25) is 0 Å². The number of hydrogen-bond acceptors (Lipinski definition) is 7. The molecule has 0 spiro atoms. The van der Waals surface area contributed by atoms with Gasteiger partial charge in [0.05, 0.1) is 18.7 Å². The SMILES string of the molecule is CCOc1cc(F)c(Cn2nc(-c3ncc(CCCSC)c(Nc4ccncc4)n3)c3ccccc32)c(F)c1. The van der Waals surface area contributed by atoms with Crippen molar-refractivity contribution in [3.63, 3.8) is 0 Å². The normalized spacial score (nSPS) is 11.2. The van der Waals surface area contributed by atoms with Crippen LogP contribution in [0.25, 0.3) is 22.4 Å². The fourth-order valence-electron chi connectivity index (χ4n) is 4.33. The maximum atomic E-state index is 14.9. The second kappa shape index (κ2) is 12.2. The molecule has 2 aromatic carbocycles. The van der Waals surface area contributed by atoms with E-state index in [0.29, 0.717) is 23.9 Å². The number of anilines is 2. The Morgan fingerprint density at radius 2 is 1.82 bits per heavy atom.